The molecule has 5 nitrogen and oxygen atoms in total. The van der Waals surface area contributed by atoms with Crippen molar-refractivity contribution in [2.45, 2.75) is 25.7 Å². The normalized spacial score (nSPS) is 11.8. The zero-order valence-corrected chi connectivity index (χ0v) is 14.0. The highest BCUT2D eigenvalue weighted by Crippen LogP contribution is 2.13. The SMILES string of the molecule is COC(=O)[C@@H](N)Cc1ccc(COCc2ccc(OC)cc2)cc1. The molecule has 2 aromatic carbocycles. The Morgan fingerprint density at radius 3 is 1.92 bits per heavy atom. The number of nitrogens with two attached hydrogens (primary N) is 1. The van der Waals surface area contributed by atoms with Crippen molar-refractivity contribution in [2.24, 2.45) is 5.73 Å². The van der Waals surface area contributed by atoms with Crippen LogP contribution in [0.1, 0.15) is 16.7 Å². The maximum atomic E-state index is 11.3. The lowest BCUT2D eigenvalue weighted by atomic mass is 10.1. The Bertz CT molecular complexity index is 637. The van der Waals surface area contributed by atoms with Gasteiger partial charge in [-0.25, -0.2) is 0 Å². The molecule has 0 aromatic heterocycles. The molecule has 0 aliphatic carbocycles. The van der Waals surface area contributed by atoms with Gasteiger partial charge in [0.05, 0.1) is 27.4 Å². The van der Waals surface area contributed by atoms with Gasteiger partial charge < -0.3 is 19.9 Å². The Morgan fingerprint density at radius 2 is 1.42 bits per heavy atom. The van der Waals surface area contributed by atoms with Gasteiger partial charge >= 0.3 is 5.97 Å². The molecule has 0 bridgehead atoms. The fourth-order valence-corrected chi connectivity index (χ4v) is 2.27. The van der Waals surface area contributed by atoms with E-state index >= 15 is 0 Å². The van der Waals surface area contributed by atoms with Gasteiger partial charge in [0.15, 0.2) is 0 Å². The van der Waals surface area contributed by atoms with E-state index in [9.17, 15) is 4.79 Å². The highest BCUT2D eigenvalue weighted by Gasteiger charge is 2.13. The fourth-order valence-electron chi connectivity index (χ4n) is 2.27. The van der Waals surface area contributed by atoms with Gasteiger partial charge in [-0.1, -0.05) is 36.4 Å². The summed E-state index contributed by atoms with van der Waals surface area (Å²) in [6, 6.07) is 15.0. The first-order chi connectivity index (χ1) is 11.6. The van der Waals surface area contributed by atoms with Crippen LogP contribution in [0.15, 0.2) is 48.5 Å². The van der Waals surface area contributed by atoms with Gasteiger partial charge in [0, 0.05) is 0 Å². The van der Waals surface area contributed by atoms with E-state index in [2.05, 4.69) is 4.74 Å². The molecule has 2 N–H and O–H groups in total. The van der Waals surface area contributed by atoms with Crippen molar-refractivity contribution in [1.82, 2.24) is 0 Å². The molecular weight excluding hydrogens is 306 g/mol. The van der Waals surface area contributed by atoms with E-state index in [0.29, 0.717) is 19.6 Å². The number of rotatable bonds is 8. The third kappa shape index (κ3) is 5.37. The molecule has 128 valence electrons. The maximum Gasteiger partial charge on any atom is 0.322 e. The average Bonchev–Trinajstić information content (AvgIpc) is 2.63. The number of carbonyl (C=O) groups excluding carboxylic acids is 1. The minimum absolute atomic E-state index is 0.401. The Balaban J connectivity index is 1.79. The molecule has 0 unspecified atom stereocenters. The molecule has 2 rings (SSSR count). The molecule has 0 aliphatic rings. The predicted molar refractivity (Wildman–Crippen MR) is 91.6 cm³/mol. The van der Waals surface area contributed by atoms with E-state index in [0.717, 1.165) is 22.4 Å². The maximum absolute atomic E-state index is 11.3. The number of methoxy groups -OCH3 is 2. The van der Waals surface area contributed by atoms with Crippen molar-refractivity contribution in [3.05, 3.63) is 65.2 Å². The molecule has 0 saturated carbocycles. The average molecular weight is 329 g/mol. The lowest BCUT2D eigenvalue weighted by Crippen LogP contribution is -2.33. The minimum atomic E-state index is -0.632. The molecule has 5 heteroatoms. The molecule has 0 radical (unpaired) electrons. The van der Waals surface area contributed by atoms with E-state index in [-0.39, 0.29) is 0 Å². The molecule has 0 aliphatic heterocycles. The molecule has 0 spiro atoms. The van der Waals surface area contributed by atoms with Gasteiger partial charge in [-0.2, -0.15) is 0 Å². The summed E-state index contributed by atoms with van der Waals surface area (Å²) in [5.74, 6) is 0.432. The van der Waals surface area contributed by atoms with Gasteiger partial charge in [-0.05, 0) is 35.2 Å². The topological polar surface area (TPSA) is 70.8 Å². The van der Waals surface area contributed by atoms with E-state index in [1.54, 1.807) is 7.11 Å². The van der Waals surface area contributed by atoms with E-state index in [4.69, 9.17) is 15.2 Å². The molecule has 1 atom stereocenters. The van der Waals surface area contributed by atoms with Crippen LogP contribution in [-0.4, -0.2) is 26.2 Å². The van der Waals surface area contributed by atoms with Crippen molar-refractivity contribution in [3.8, 4) is 5.75 Å². The Kier molecular flexibility index (Phi) is 6.78. The lowest BCUT2D eigenvalue weighted by Gasteiger charge is -2.10. The third-order valence-corrected chi connectivity index (χ3v) is 3.68. The smallest absolute Gasteiger partial charge is 0.322 e. The molecule has 0 fully saturated rings. The first-order valence-corrected chi connectivity index (χ1v) is 7.74. The quantitative estimate of drug-likeness (QED) is 0.753. The molecule has 0 saturated heterocycles. The lowest BCUT2D eigenvalue weighted by molar-refractivity contribution is -0.142. The highest BCUT2D eigenvalue weighted by atomic mass is 16.5. The molecule has 0 amide bonds. The van der Waals surface area contributed by atoms with Crippen molar-refractivity contribution in [3.63, 3.8) is 0 Å². The number of benzene rings is 2. The summed E-state index contributed by atoms with van der Waals surface area (Å²) < 4.78 is 15.5. The van der Waals surface area contributed by atoms with Crippen LogP contribution in [-0.2, 0) is 33.9 Å². The van der Waals surface area contributed by atoms with Crippen LogP contribution in [0.4, 0.5) is 0 Å². The minimum Gasteiger partial charge on any atom is -0.497 e. The summed E-state index contributed by atoms with van der Waals surface area (Å²) in [7, 11) is 2.98. The molecule has 0 heterocycles. The van der Waals surface area contributed by atoms with Crippen LogP contribution in [0.2, 0.25) is 0 Å². The second-order valence-electron chi connectivity index (χ2n) is 5.49. The number of esters is 1. The van der Waals surface area contributed by atoms with Crippen molar-refractivity contribution in [1.29, 1.82) is 0 Å². The molecule has 24 heavy (non-hydrogen) atoms. The summed E-state index contributed by atoms with van der Waals surface area (Å²) in [4.78, 5) is 11.3. The zero-order chi connectivity index (χ0) is 17.4. The summed E-state index contributed by atoms with van der Waals surface area (Å²) in [5, 5.41) is 0. The highest BCUT2D eigenvalue weighted by molar-refractivity contribution is 5.75. The fraction of sp³-hybridized carbons (Fsp3) is 0.316. The first kappa shape index (κ1) is 18.0. The number of hydrogen-bond donors (Lipinski definition) is 1. The van der Waals surface area contributed by atoms with E-state index in [1.165, 1.54) is 7.11 Å². The summed E-state index contributed by atoms with van der Waals surface area (Å²) >= 11 is 0. The third-order valence-electron chi connectivity index (χ3n) is 3.68. The van der Waals surface area contributed by atoms with Crippen LogP contribution < -0.4 is 10.5 Å². The van der Waals surface area contributed by atoms with Gasteiger partial charge in [0.25, 0.3) is 0 Å². The number of carbonyl (C=O) groups is 1. The second-order valence-corrected chi connectivity index (χ2v) is 5.49. The Labute approximate surface area is 142 Å². The largest absolute Gasteiger partial charge is 0.497 e. The standard InChI is InChI=1S/C19H23NO4/c1-22-17-9-7-16(8-10-17)13-24-12-15-5-3-14(4-6-15)11-18(20)19(21)23-2/h3-10,18H,11-13,20H2,1-2H3/t18-/m0/s1. The second kappa shape index (κ2) is 9.05. The molecular formula is C19H23NO4. The Morgan fingerprint density at radius 1 is 0.917 bits per heavy atom. The summed E-state index contributed by atoms with van der Waals surface area (Å²) in [6.07, 6.45) is 0.458. The van der Waals surface area contributed by atoms with Crippen molar-refractivity contribution < 1.29 is 19.0 Å². The van der Waals surface area contributed by atoms with Crippen LogP contribution >= 0.6 is 0 Å². The van der Waals surface area contributed by atoms with Crippen LogP contribution in [0.3, 0.4) is 0 Å². The van der Waals surface area contributed by atoms with Gasteiger partial charge in [0.2, 0.25) is 0 Å². The van der Waals surface area contributed by atoms with Crippen LogP contribution in [0, 0.1) is 0 Å². The molecule has 2 aromatic rings. The first-order valence-electron chi connectivity index (χ1n) is 7.74. The van der Waals surface area contributed by atoms with E-state index < -0.39 is 12.0 Å². The van der Waals surface area contributed by atoms with Gasteiger partial charge in [-0.15, -0.1) is 0 Å². The summed E-state index contributed by atoms with van der Waals surface area (Å²) in [6.45, 7) is 1.06. The van der Waals surface area contributed by atoms with Crippen molar-refractivity contribution in [2.75, 3.05) is 14.2 Å². The predicted octanol–water partition coefficient (Wildman–Crippen LogP) is 2.45. The van der Waals surface area contributed by atoms with Crippen LogP contribution in [0.5, 0.6) is 5.75 Å². The van der Waals surface area contributed by atoms with Gasteiger partial charge in [-0.3, -0.25) is 4.79 Å². The van der Waals surface area contributed by atoms with Gasteiger partial charge in [0.1, 0.15) is 11.8 Å². The van der Waals surface area contributed by atoms with Crippen LogP contribution in [0.25, 0.3) is 0 Å². The Hall–Kier alpha value is -2.37. The number of hydrogen-bond acceptors (Lipinski definition) is 5. The monoisotopic (exact) mass is 329 g/mol. The van der Waals surface area contributed by atoms with Crippen molar-refractivity contribution >= 4 is 5.97 Å². The summed E-state index contributed by atoms with van der Waals surface area (Å²) in [5.41, 5.74) is 8.91. The number of ether oxygens (including phenoxy) is 3. The zero-order valence-electron chi connectivity index (χ0n) is 14.0. The van der Waals surface area contributed by atoms with E-state index in [1.807, 2.05) is 48.5 Å².